The smallest absolute Gasteiger partial charge is 0.0890 e. The van der Waals surface area contributed by atoms with Gasteiger partial charge in [-0.1, -0.05) is 0 Å². The first kappa shape index (κ1) is 12.4. The Balaban J connectivity index is 1.74. The van der Waals surface area contributed by atoms with E-state index >= 15 is 0 Å². The molecule has 0 heterocycles. The van der Waals surface area contributed by atoms with Crippen LogP contribution in [0.1, 0.15) is 39.5 Å². The van der Waals surface area contributed by atoms with Crippen LogP contribution in [0.4, 0.5) is 0 Å². The van der Waals surface area contributed by atoms with Crippen molar-refractivity contribution in [3.8, 4) is 0 Å². The van der Waals surface area contributed by atoms with Crippen molar-refractivity contribution in [3.05, 3.63) is 0 Å². The molecule has 0 aromatic rings. The van der Waals surface area contributed by atoms with Crippen LogP contribution in [0.25, 0.3) is 0 Å². The largest absolute Gasteiger partial charge is 0.343 e. The molecular formula is C14H30N2+2. The number of nitrogens with two attached hydrogens (primary N) is 1. The lowest BCUT2D eigenvalue weighted by Crippen LogP contribution is -3.08. The monoisotopic (exact) mass is 226 g/mol. The summed E-state index contributed by atoms with van der Waals surface area (Å²) in [7, 11) is 4.53. The Kier molecular flexibility index (Phi) is 3.60. The summed E-state index contributed by atoms with van der Waals surface area (Å²) in [5.74, 6) is 2.15. The minimum Gasteiger partial charge on any atom is -0.343 e. The summed E-state index contributed by atoms with van der Waals surface area (Å²) in [6, 6.07) is 0.968. The molecule has 2 aliphatic rings. The summed E-state index contributed by atoms with van der Waals surface area (Å²) in [6.45, 7) is 7.43. The Morgan fingerprint density at radius 1 is 1.19 bits per heavy atom. The fourth-order valence-corrected chi connectivity index (χ4v) is 4.08. The van der Waals surface area contributed by atoms with E-state index in [0.717, 1.165) is 17.9 Å². The molecule has 94 valence electrons. The highest BCUT2D eigenvalue weighted by molar-refractivity contribution is 4.89. The van der Waals surface area contributed by atoms with Crippen LogP contribution in [-0.4, -0.2) is 33.2 Å². The maximum absolute atomic E-state index is 2.67. The Morgan fingerprint density at radius 2 is 1.94 bits per heavy atom. The number of rotatable bonds is 5. The standard InChI is InChI=1S/C14H28N2/c1-14(2,10-16(3)4)9-15-13-8-11-5-6-12(13)7-11/h11-13,15H,5-10H2,1-4H3/p+2/t11-,12+,13-/m0/s1. The van der Waals surface area contributed by atoms with E-state index in [9.17, 15) is 0 Å². The van der Waals surface area contributed by atoms with Crippen LogP contribution in [0.15, 0.2) is 0 Å². The second kappa shape index (κ2) is 4.66. The first-order valence-corrected chi connectivity index (χ1v) is 7.09. The zero-order chi connectivity index (χ0) is 11.8. The number of hydrogen-bond acceptors (Lipinski definition) is 0. The van der Waals surface area contributed by atoms with Crippen LogP contribution in [-0.2, 0) is 0 Å². The van der Waals surface area contributed by atoms with E-state index in [4.69, 9.17) is 0 Å². The summed E-state index contributed by atoms with van der Waals surface area (Å²) in [5, 5.41) is 2.67. The molecule has 3 N–H and O–H groups in total. The number of quaternary nitrogens is 2. The second-order valence-electron chi connectivity index (χ2n) is 7.33. The van der Waals surface area contributed by atoms with Crippen LogP contribution in [0.2, 0.25) is 0 Å². The number of hydrogen-bond donors (Lipinski definition) is 2. The van der Waals surface area contributed by atoms with Gasteiger partial charge in [0.1, 0.15) is 0 Å². The molecular weight excluding hydrogens is 196 g/mol. The van der Waals surface area contributed by atoms with Gasteiger partial charge in [-0.25, -0.2) is 0 Å². The lowest BCUT2D eigenvalue weighted by molar-refractivity contribution is -0.869. The average molecular weight is 226 g/mol. The molecule has 2 bridgehead atoms. The summed E-state index contributed by atoms with van der Waals surface area (Å²) in [4.78, 5) is 1.58. The second-order valence-corrected chi connectivity index (χ2v) is 7.33. The van der Waals surface area contributed by atoms with Gasteiger partial charge in [0.05, 0.1) is 38.6 Å². The Morgan fingerprint density at radius 3 is 2.44 bits per heavy atom. The van der Waals surface area contributed by atoms with E-state index in [2.05, 4.69) is 33.3 Å². The first-order chi connectivity index (χ1) is 7.46. The molecule has 3 atom stereocenters. The van der Waals surface area contributed by atoms with Crippen molar-refractivity contribution in [2.75, 3.05) is 27.2 Å². The molecule has 0 unspecified atom stereocenters. The topological polar surface area (TPSA) is 21.1 Å². The van der Waals surface area contributed by atoms with Gasteiger partial charge in [0.2, 0.25) is 0 Å². The summed E-state index contributed by atoms with van der Waals surface area (Å²) in [5.41, 5.74) is 0.487. The highest BCUT2D eigenvalue weighted by Crippen LogP contribution is 2.43. The Hall–Kier alpha value is -0.0800. The maximum Gasteiger partial charge on any atom is 0.0890 e. The molecule has 0 aromatic heterocycles. The van der Waals surface area contributed by atoms with Gasteiger partial charge in [-0.2, -0.15) is 0 Å². The third-order valence-corrected chi connectivity index (χ3v) is 4.60. The molecule has 0 spiro atoms. The van der Waals surface area contributed by atoms with Crippen molar-refractivity contribution < 1.29 is 10.2 Å². The molecule has 2 saturated carbocycles. The zero-order valence-electron chi connectivity index (χ0n) is 11.6. The Bertz CT molecular complexity index is 235. The van der Waals surface area contributed by atoms with Gasteiger partial charge in [0.15, 0.2) is 0 Å². The zero-order valence-corrected chi connectivity index (χ0v) is 11.6. The van der Waals surface area contributed by atoms with E-state index in [0.29, 0.717) is 5.41 Å². The van der Waals surface area contributed by atoms with Crippen molar-refractivity contribution >= 4 is 0 Å². The quantitative estimate of drug-likeness (QED) is 0.654. The molecule has 2 fully saturated rings. The van der Waals surface area contributed by atoms with Crippen LogP contribution in [0, 0.1) is 17.3 Å². The highest BCUT2D eigenvalue weighted by Gasteiger charge is 2.42. The van der Waals surface area contributed by atoms with Crippen molar-refractivity contribution in [3.63, 3.8) is 0 Å². The van der Waals surface area contributed by atoms with Crippen molar-refractivity contribution in [1.29, 1.82) is 0 Å². The van der Waals surface area contributed by atoms with Crippen molar-refractivity contribution in [2.24, 2.45) is 17.3 Å². The molecule has 0 radical (unpaired) electrons. The molecule has 0 amide bonds. The fourth-order valence-electron chi connectivity index (χ4n) is 4.08. The summed E-state index contributed by atoms with van der Waals surface area (Å²) < 4.78 is 0. The molecule has 0 saturated heterocycles. The van der Waals surface area contributed by atoms with E-state index in [1.165, 1.54) is 32.4 Å². The molecule has 0 aliphatic heterocycles. The lowest BCUT2D eigenvalue weighted by atomic mass is 9.90. The Labute approximate surface area is 101 Å². The van der Waals surface area contributed by atoms with E-state index < -0.39 is 0 Å². The molecule has 2 rings (SSSR count). The van der Waals surface area contributed by atoms with Gasteiger partial charge in [-0.3, -0.25) is 0 Å². The molecule has 2 heteroatoms. The van der Waals surface area contributed by atoms with Crippen LogP contribution >= 0.6 is 0 Å². The van der Waals surface area contributed by atoms with Crippen LogP contribution in [0.5, 0.6) is 0 Å². The molecule has 0 aromatic carbocycles. The van der Waals surface area contributed by atoms with E-state index in [-0.39, 0.29) is 0 Å². The van der Waals surface area contributed by atoms with Gasteiger partial charge in [0.25, 0.3) is 0 Å². The van der Waals surface area contributed by atoms with Gasteiger partial charge in [0, 0.05) is 12.3 Å². The molecule has 2 aliphatic carbocycles. The average Bonchev–Trinajstić information content (AvgIpc) is 2.73. The maximum atomic E-state index is 2.67. The number of nitrogens with one attached hydrogen (secondary N) is 1. The highest BCUT2D eigenvalue weighted by atomic mass is 15.1. The molecule has 16 heavy (non-hydrogen) atoms. The number of fused-ring (bicyclic) bond motifs is 2. The first-order valence-electron chi connectivity index (χ1n) is 7.09. The predicted molar refractivity (Wildman–Crippen MR) is 67.5 cm³/mol. The lowest BCUT2D eigenvalue weighted by Gasteiger charge is -2.28. The minimum atomic E-state index is 0.487. The van der Waals surface area contributed by atoms with Crippen molar-refractivity contribution in [2.45, 2.75) is 45.6 Å². The van der Waals surface area contributed by atoms with Gasteiger partial charge in [-0.15, -0.1) is 0 Å². The summed E-state index contributed by atoms with van der Waals surface area (Å²) >= 11 is 0. The van der Waals surface area contributed by atoms with Gasteiger partial charge < -0.3 is 10.2 Å². The van der Waals surface area contributed by atoms with Crippen LogP contribution < -0.4 is 10.2 Å². The van der Waals surface area contributed by atoms with Crippen LogP contribution in [0.3, 0.4) is 0 Å². The third-order valence-electron chi connectivity index (χ3n) is 4.60. The normalized spacial score (nSPS) is 33.9. The third kappa shape index (κ3) is 2.98. The minimum absolute atomic E-state index is 0.487. The predicted octanol–water partition coefficient (Wildman–Crippen LogP) is -0.0909. The fraction of sp³-hybridized carbons (Fsp3) is 1.00. The summed E-state index contributed by atoms with van der Waals surface area (Å²) in [6.07, 6.45) is 6.10. The molecule has 2 nitrogen and oxygen atoms in total. The van der Waals surface area contributed by atoms with E-state index in [1.807, 2.05) is 0 Å². The van der Waals surface area contributed by atoms with Crippen molar-refractivity contribution in [1.82, 2.24) is 0 Å². The van der Waals surface area contributed by atoms with Gasteiger partial charge in [-0.05, 0) is 39.0 Å². The SMILES string of the molecule is C[NH+](C)CC(C)(C)C[NH2+][C@H]1C[C@H]2CC[C@@H]1C2. The van der Waals surface area contributed by atoms with E-state index in [1.54, 1.807) is 11.3 Å². The van der Waals surface area contributed by atoms with Gasteiger partial charge >= 0.3 is 0 Å².